The molecule has 0 saturated heterocycles. The minimum atomic E-state index is -1.38. The monoisotopic (exact) mass is 347 g/mol. The maximum Gasteiger partial charge on any atom is 0.240 e. The Hall–Kier alpha value is -1.90. The summed E-state index contributed by atoms with van der Waals surface area (Å²) in [7, 11) is 0. The van der Waals surface area contributed by atoms with Crippen molar-refractivity contribution in [3.63, 3.8) is 0 Å². The molecule has 21 heavy (non-hydrogen) atoms. The van der Waals surface area contributed by atoms with Gasteiger partial charge < -0.3 is 9.47 Å². The zero-order valence-electron chi connectivity index (χ0n) is 11.1. The molecule has 0 saturated carbocycles. The molecular weight excluding hydrogens is 337 g/mol. The Bertz CT molecular complexity index is 743. The first-order chi connectivity index (χ1) is 10.0. The number of fused-ring (bicyclic) bond motifs is 1. The number of nitriles is 1. The van der Waals surface area contributed by atoms with Gasteiger partial charge in [0.05, 0.1) is 17.2 Å². The van der Waals surface area contributed by atoms with Crippen LogP contribution in [0.2, 0.25) is 0 Å². The van der Waals surface area contributed by atoms with Crippen LogP contribution in [-0.2, 0) is 10.5 Å². The molecule has 0 fully saturated rings. The van der Waals surface area contributed by atoms with Crippen molar-refractivity contribution in [2.24, 2.45) is 0 Å². The first-order valence-corrected chi connectivity index (χ1v) is 7.25. The summed E-state index contributed by atoms with van der Waals surface area (Å²) in [6.45, 7) is 1.61. The molecule has 0 amide bonds. The van der Waals surface area contributed by atoms with Crippen molar-refractivity contribution in [1.29, 1.82) is 5.26 Å². The molecule has 2 aromatic rings. The van der Waals surface area contributed by atoms with Crippen molar-refractivity contribution < 1.29 is 13.9 Å². The van der Waals surface area contributed by atoms with Gasteiger partial charge in [0.1, 0.15) is 16.6 Å². The Balaban J connectivity index is 2.15. The van der Waals surface area contributed by atoms with Crippen LogP contribution < -0.4 is 4.74 Å². The van der Waals surface area contributed by atoms with Gasteiger partial charge in [-0.15, -0.1) is 0 Å². The summed E-state index contributed by atoms with van der Waals surface area (Å²) < 4.78 is 25.9. The van der Waals surface area contributed by atoms with Gasteiger partial charge in [0.15, 0.2) is 0 Å². The lowest BCUT2D eigenvalue weighted by Gasteiger charge is -2.38. The normalized spacial score (nSPS) is 23.8. The van der Waals surface area contributed by atoms with E-state index in [4.69, 9.17) is 9.47 Å². The maximum atomic E-state index is 14.2. The molecular formula is C16H11BrFNO2. The van der Waals surface area contributed by atoms with Crippen LogP contribution in [0, 0.1) is 17.1 Å². The first kappa shape index (κ1) is 14.1. The topological polar surface area (TPSA) is 42.2 Å². The minimum Gasteiger partial charge on any atom is -0.458 e. The molecule has 2 unspecified atom stereocenters. The fourth-order valence-electron chi connectivity index (χ4n) is 2.44. The Morgan fingerprint density at radius 2 is 2.00 bits per heavy atom. The van der Waals surface area contributed by atoms with Gasteiger partial charge in [-0.05, 0) is 18.2 Å². The quantitative estimate of drug-likeness (QED) is 0.719. The van der Waals surface area contributed by atoms with E-state index in [0.717, 1.165) is 5.56 Å². The molecule has 0 aliphatic carbocycles. The van der Waals surface area contributed by atoms with Crippen molar-refractivity contribution in [3.05, 3.63) is 65.0 Å². The summed E-state index contributed by atoms with van der Waals surface area (Å²) in [6, 6.07) is 13.7. The van der Waals surface area contributed by atoms with E-state index in [1.54, 1.807) is 19.1 Å². The molecule has 5 heteroatoms. The van der Waals surface area contributed by atoms with Gasteiger partial charge in [-0.2, -0.15) is 5.26 Å². The lowest BCUT2D eigenvalue weighted by molar-refractivity contribution is -0.204. The predicted octanol–water partition coefficient (Wildman–Crippen LogP) is 4.37. The highest BCUT2D eigenvalue weighted by atomic mass is 79.9. The van der Waals surface area contributed by atoms with Crippen LogP contribution in [0.5, 0.6) is 5.75 Å². The Labute approximate surface area is 130 Å². The van der Waals surface area contributed by atoms with Crippen molar-refractivity contribution in [2.45, 2.75) is 17.7 Å². The van der Waals surface area contributed by atoms with Crippen LogP contribution in [0.15, 0.2) is 42.5 Å². The summed E-state index contributed by atoms with van der Waals surface area (Å²) in [5.74, 6) is -1.31. The predicted molar refractivity (Wildman–Crippen MR) is 78.3 cm³/mol. The Kier molecular flexibility index (Phi) is 3.44. The number of hydrogen-bond acceptors (Lipinski definition) is 3. The Morgan fingerprint density at radius 1 is 1.24 bits per heavy atom. The van der Waals surface area contributed by atoms with Crippen molar-refractivity contribution in [2.75, 3.05) is 0 Å². The van der Waals surface area contributed by atoms with Crippen LogP contribution in [0.25, 0.3) is 0 Å². The molecule has 1 aliphatic heterocycles. The third-order valence-electron chi connectivity index (χ3n) is 3.38. The molecule has 0 spiro atoms. The van der Waals surface area contributed by atoms with E-state index in [2.05, 4.69) is 15.9 Å². The van der Waals surface area contributed by atoms with Gasteiger partial charge in [-0.3, -0.25) is 0 Å². The molecule has 106 valence electrons. The smallest absolute Gasteiger partial charge is 0.240 e. The fraction of sp³-hybridized carbons (Fsp3) is 0.188. The second kappa shape index (κ2) is 5.14. The first-order valence-electron chi connectivity index (χ1n) is 6.34. The molecule has 2 atom stereocenters. The number of halogens is 2. The van der Waals surface area contributed by atoms with Gasteiger partial charge >= 0.3 is 0 Å². The molecule has 1 heterocycles. The van der Waals surface area contributed by atoms with E-state index in [1.165, 1.54) is 12.1 Å². The molecule has 3 nitrogen and oxygen atoms in total. The number of alkyl halides is 1. The number of rotatable bonds is 1. The SMILES string of the molecule is CC1(c2c(F)cccc2C#N)Oc2ccccc2C(Br)O1. The molecule has 0 aromatic heterocycles. The van der Waals surface area contributed by atoms with Crippen LogP contribution >= 0.6 is 15.9 Å². The zero-order chi connectivity index (χ0) is 15.0. The Morgan fingerprint density at radius 3 is 2.76 bits per heavy atom. The summed E-state index contributed by atoms with van der Waals surface area (Å²) in [5.41, 5.74) is 1.12. The highest BCUT2D eigenvalue weighted by Crippen LogP contribution is 2.46. The second-order valence-corrected chi connectivity index (χ2v) is 5.63. The van der Waals surface area contributed by atoms with Gasteiger partial charge in [-0.25, -0.2) is 4.39 Å². The summed E-state index contributed by atoms with van der Waals surface area (Å²) in [6.07, 6.45) is 0. The third-order valence-corrected chi connectivity index (χ3v) is 4.06. The number of para-hydroxylation sites is 1. The molecule has 1 aliphatic rings. The lowest BCUT2D eigenvalue weighted by atomic mass is 9.99. The third kappa shape index (κ3) is 2.31. The van der Waals surface area contributed by atoms with E-state index < -0.39 is 16.6 Å². The van der Waals surface area contributed by atoms with Gasteiger partial charge in [-0.1, -0.05) is 40.2 Å². The standard InChI is InChI=1S/C16H11BrFNO2/c1-16(14-10(9-19)5-4-7-12(14)18)20-13-8-3-2-6-11(13)15(17)21-16/h2-8,15H,1H3. The van der Waals surface area contributed by atoms with Crippen molar-refractivity contribution in [1.82, 2.24) is 0 Å². The van der Waals surface area contributed by atoms with E-state index >= 15 is 0 Å². The molecule has 3 rings (SSSR count). The van der Waals surface area contributed by atoms with Gasteiger partial charge in [0.25, 0.3) is 0 Å². The highest BCUT2D eigenvalue weighted by molar-refractivity contribution is 9.09. The van der Waals surface area contributed by atoms with Gasteiger partial charge in [0.2, 0.25) is 5.79 Å². The molecule has 2 aromatic carbocycles. The molecule has 0 N–H and O–H groups in total. The minimum absolute atomic E-state index is 0.103. The zero-order valence-corrected chi connectivity index (χ0v) is 12.7. The average Bonchev–Trinajstić information content (AvgIpc) is 2.46. The van der Waals surface area contributed by atoms with E-state index in [0.29, 0.717) is 5.75 Å². The average molecular weight is 348 g/mol. The number of ether oxygens (including phenoxy) is 2. The summed E-state index contributed by atoms with van der Waals surface area (Å²) in [4.78, 5) is 0. The summed E-state index contributed by atoms with van der Waals surface area (Å²) >= 11 is 3.42. The van der Waals surface area contributed by atoms with Gasteiger partial charge in [0, 0.05) is 12.5 Å². The largest absolute Gasteiger partial charge is 0.458 e. The van der Waals surface area contributed by atoms with Crippen LogP contribution in [0.1, 0.15) is 28.6 Å². The van der Waals surface area contributed by atoms with Crippen LogP contribution in [0.4, 0.5) is 4.39 Å². The van der Waals surface area contributed by atoms with E-state index in [1.807, 2.05) is 24.3 Å². The van der Waals surface area contributed by atoms with Crippen LogP contribution in [0.3, 0.4) is 0 Å². The van der Waals surface area contributed by atoms with Crippen LogP contribution in [-0.4, -0.2) is 0 Å². The molecule has 0 bridgehead atoms. The van der Waals surface area contributed by atoms with E-state index in [9.17, 15) is 9.65 Å². The molecule has 0 radical (unpaired) electrons. The highest BCUT2D eigenvalue weighted by Gasteiger charge is 2.42. The number of nitrogens with zero attached hydrogens (tertiary/aromatic N) is 1. The van der Waals surface area contributed by atoms with Crippen molar-refractivity contribution >= 4 is 15.9 Å². The second-order valence-electron chi connectivity index (χ2n) is 4.79. The number of benzene rings is 2. The fourth-order valence-corrected chi connectivity index (χ4v) is 3.18. The van der Waals surface area contributed by atoms with Crippen molar-refractivity contribution in [3.8, 4) is 11.8 Å². The number of hydrogen-bond donors (Lipinski definition) is 0. The van der Waals surface area contributed by atoms with E-state index in [-0.39, 0.29) is 11.1 Å². The lowest BCUT2D eigenvalue weighted by Crippen LogP contribution is -2.38. The summed E-state index contributed by atoms with van der Waals surface area (Å²) in [5, 5.41) is 8.76. The maximum absolute atomic E-state index is 14.2.